The van der Waals surface area contributed by atoms with Crippen molar-refractivity contribution in [1.82, 2.24) is 5.32 Å². The molecule has 2 aliphatic heterocycles. The summed E-state index contributed by atoms with van der Waals surface area (Å²) in [5, 5.41) is 6.09. The summed E-state index contributed by atoms with van der Waals surface area (Å²) in [4.78, 5) is 27.0. The van der Waals surface area contributed by atoms with E-state index in [9.17, 15) is 9.59 Å². The monoisotopic (exact) mass is 415 g/mol. The average molecular weight is 416 g/mol. The van der Waals surface area contributed by atoms with E-state index in [1.54, 1.807) is 0 Å². The molecule has 7 heteroatoms. The molecule has 2 atom stereocenters. The first-order valence-corrected chi connectivity index (χ1v) is 9.75. The summed E-state index contributed by atoms with van der Waals surface area (Å²) in [5.41, 5.74) is 3.89. The van der Waals surface area contributed by atoms with Crippen molar-refractivity contribution in [2.75, 3.05) is 29.9 Å². The molecule has 2 N–H and O–H groups in total. The molecule has 2 amide bonds. The summed E-state index contributed by atoms with van der Waals surface area (Å²) < 4.78 is 5.52. The quantitative estimate of drug-likeness (QED) is 0.805. The molecule has 2 aromatic carbocycles. The molecule has 2 aliphatic rings. The molecule has 2 aromatic rings. The minimum Gasteiger partial charge on any atom is -0.375 e. The number of nitrogens with zero attached hydrogens (tertiary/aromatic N) is 1. The predicted octanol–water partition coefficient (Wildman–Crippen LogP) is 2.56. The maximum atomic E-state index is 12.7. The van der Waals surface area contributed by atoms with Gasteiger partial charge in [0.05, 0.1) is 19.1 Å². The lowest BCUT2D eigenvalue weighted by atomic mass is 10.1. The second-order valence-corrected chi connectivity index (χ2v) is 7.29. The number of carbonyl (C=O) groups excluding carboxylic acids is 2. The summed E-state index contributed by atoms with van der Waals surface area (Å²) >= 11 is 0. The number of carbonyl (C=O) groups is 2. The summed E-state index contributed by atoms with van der Waals surface area (Å²) in [6, 6.07) is 15.2. The highest BCUT2D eigenvalue weighted by Crippen LogP contribution is 2.28. The Labute approximate surface area is 177 Å². The van der Waals surface area contributed by atoms with Crippen LogP contribution < -0.4 is 15.5 Å². The van der Waals surface area contributed by atoms with Crippen LogP contribution in [0.2, 0.25) is 0 Å². The molecular weight excluding hydrogens is 390 g/mol. The Morgan fingerprint density at radius 3 is 2.69 bits per heavy atom. The zero-order valence-corrected chi connectivity index (χ0v) is 17.2. The van der Waals surface area contributed by atoms with Crippen molar-refractivity contribution in [3.8, 4) is 0 Å². The number of morpholine rings is 1. The van der Waals surface area contributed by atoms with Crippen LogP contribution in [-0.2, 0) is 27.2 Å². The fraction of sp³-hybridized carbons (Fsp3) is 0.364. The Bertz CT molecular complexity index is 872. The van der Waals surface area contributed by atoms with Crippen LogP contribution in [0.5, 0.6) is 0 Å². The van der Waals surface area contributed by atoms with Crippen LogP contribution in [0.4, 0.5) is 11.4 Å². The second-order valence-electron chi connectivity index (χ2n) is 7.29. The number of anilines is 2. The molecule has 0 aliphatic carbocycles. The van der Waals surface area contributed by atoms with Gasteiger partial charge in [0, 0.05) is 24.5 Å². The van der Waals surface area contributed by atoms with Gasteiger partial charge in [-0.3, -0.25) is 9.59 Å². The van der Waals surface area contributed by atoms with E-state index in [0.29, 0.717) is 25.3 Å². The largest absolute Gasteiger partial charge is 0.375 e. The first-order valence-electron chi connectivity index (χ1n) is 9.75. The Balaban J connectivity index is 0.00000240. The number of rotatable bonds is 4. The van der Waals surface area contributed by atoms with Crippen molar-refractivity contribution in [3.05, 3.63) is 59.7 Å². The zero-order valence-electron chi connectivity index (χ0n) is 16.4. The Morgan fingerprint density at radius 1 is 1.17 bits per heavy atom. The average Bonchev–Trinajstić information content (AvgIpc) is 3.14. The van der Waals surface area contributed by atoms with Gasteiger partial charge in [0.15, 0.2) is 0 Å². The third-order valence-electron chi connectivity index (χ3n) is 5.36. The van der Waals surface area contributed by atoms with Crippen LogP contribution in [-0.4, -0.2) is 43.7 Å². The van der Waals surface area contributed by atoms with Crippen LogP contribution in [0.15, 0.2) is 48.5 Å². The summed E-state index contributed by atoms with van der Waals surface area (Å²) in [6.45, 7) is 3.92. The number of fused-ring (bicyclic) bond motifs is 1. The van der Waals surface area contributed by atoms with Gasteiger partial charge in [-0.1, -0.05) is 30.3 Å². The van der Waals surface area contributed by atoms with E-state index in [-0.39, 0.29) is 36.4 Å². The fourth-order valence-corrected chi connectivity index (χ4v) is 3.82. The lowest BCUT2D eigenvalue weighted by molar-refractivity contribution is -0.123. The lowest BCUT2D eigenvalue weighted by Gasteiger charge is -2.29. The molecule has 0 saturated carbocycles. The number of halogens is 1. The Morgan fingerprint density at radius 2 is 1.93 bits per heavy atom. The van der Waals surface area contributed by atoms with Gasteiger partial charge in [-0.05, 0) is 42.7 Å². The van der Waals surface area contributed by atoms with Crippen LogP contribution in [0, 0.1) is 0 Å². The third-order valence-corrected chi connectivity index (χ3v) is 5.36. The number of ether oxygens (including phenoxy) is 1. The van der Waals surface area contributed by atoms with Gasteiger partial charge >= 0.3 is 0 Å². The molecule has 0 radical (unpaired) electrons. The predicted molar refractivity (Wildman–Crippen MR) is 116 cm³/mol. The number of hydrogen-bond donors (Lipinski definition) is 2. The molecule has 0 bridgehead atoms. The van der Waals surface area contributed by atoms with Crippen LogP contribution in [0.1, 0.15) is 18.1 Å². The van der Waals surface area contributed by atoms with Gasteiger partial charge in [0.1, 0.15) is 6.04 Å². The van der Waals surface area contributed by atoms with Crippen molar-refractivity contribution in [1.29, 1.82) is 0 Å². The first kappa shape index (κ1) is 21.3. The fourth-order valence-electron chi connectivity index (χ4n) is 3.82. The number of amides is 2. The first-order chi connectivity index (χ1) is 13.6. The zero-order chi connectivity index (χ0) is 19.5. The normalized spacial score (nSPS) is 20.5. The molecular formula is C22H26ClN3O3. The number of benzene rings is 2. The van der Waals surface area contributed by atoms with Crippen LogP contribution in [0.25, 0.3) is 0 Å². The molecule has 0 aromatic heterocycles. The smallest absolute Gasteiger partial charge is 0.244 e. The van der Waals surface area contributed by atoms with Crippen molar-refractivity contribution < 1.29 is 14.3 Å². The Kier molecular flexibility index (Phi) is 6.90. The topological polar surface area (TPSA) is 70.7 Å². The minimum atomic E-state index is -0.356. The summed E-state index contributed by atoms with van der Waals surface area (Å²) in [6.07, 6.45) is 1.09. The maximum Gasteiger partial charge on any atom is 0.244 e. The van der Waals surface area contributed by atoms with E-state index < -0.39 is 0 Å². The number of hydrogen-bond acceptors (Lipinski definition) is 4. The molecule has 1 saturated heterocycles. The van der Waals surface area contributed by atoms with E-state index in [1.165, 1.54) is 5.56 Å². The molecule has 0 unspecified atom stereocenters. The minimum absolute atomic E-state index is 0. The lowest BCUT2D eigenvalue weighted by Crippen LogP contribution is -2.53. The van der Waals surface area contributed by atoms with Crippen molar-refractivity contribution in [3.63, 3.8) is 0 Å². The van der Waals surface area contributed by atoms with Gasteiger partial charge in [-0.25, -0.2) is 0 Å². The van der Waals surface area contributed by atoms with Crippen LogP contribution >= 0.6 is 12.4 Å². The van der Waals surface area contributed by atoms with E-state index in [1.807, 2.05) is 54.3 Å². The molecule has 29 heavy (non-hydrogen) atoms. The molecule has 154 valence electrons. The highest BCUT2D eigenvalue weighted by atomic mass is 35.5. The van der Waals surface area contributed by atoms with Gasteiger partial charge in [0.2, 0.25) is 11.8 Å². The summed E-state index contributed by atoms with van der Waals surface area (Å²) in [7, 11) is 0. The van der Waals surface area contributed by atoms with Crippen molar-refractivity contribution in [2.45, 2.75) is 31.9 Å². The number of para-hydroxylation sites is 1. The van der Waals surface area contributed by atoms with E-state index in [0.717, 1.165) is 24.2 Å². The maximum absolute atomic E-state index is 12.7. The van der Waals surface area contributed by atoms with Crippen LogP contribution in [0.3, 0.4) is 0 Å². The second kappa shape index (κ2) is 9.39. The molecule has 1 fully saturated rings. The standard InChI is InChI=1S/C22H25N3O3.ClH/c1-15-21(23-11-13-28-15)22(27)24-18-8-6-16(7-9-18)14-20(26)25-12-10-17-4-2-3-5-19(17)25;/h2-9,15,21,23H,10-14H2,1H3,(H,24,27);1H/t15-,21+;/m1./s1. The van der Waals surface area contributed by atoms with Gasteiger partial charge in [0.25, 0.3) is 0 Å². The van der Waals surface area contributed by atoms with Gasteiger partial charge in [-0.15, -0.1) is 12.4 Å². The molecule has 4 rings (SSSR count). The molecule has 0 spiro atoms. The van der Waals surface area contributed by atoms with Gasteiger partial charge < -0.3 is 20.3 Å². The Hall–Kier alpha value is -2.41. The number of nitrogens with one attached hydrogen (secondary N) is 2. The van der Waals surface area contributed by atoms with Crippen molar-refractivity contribution >= 4 is 35.6 Å². The molecule has 2 heterocycles. The van der Waals surface area contributed by atoms with Gasteiger partial charge in [-0.2, -0.15) is 0 Å². The van der Waals surface area contributed by atoms with E-state index in [2.05, 4.69) is 16.7 Å². The van der Waals surface area contributed by atoms with E-state index in [4.69, 9.17) is 4.74 Å². The van der Waals surface area contributed by atoms with Crippen molar-refractivity contribution in [2.24, 2.45) is 0 Å². The van der Waals surface area contributed by atoms with E-state index >= 15 is 0 Å². The SMILES string of the molecule is C[C@H]1OCCN[C@@H]1C(=O)Nc1ccc(CC(=O)N2CCc3ccccc32)cc1.Cl. The highest BCUT2D eigenvalue weighted by Gasteiger charge is 2.28. The third kappa shape index (κ3) is 4.78. The summed E-state index contributed by atoms with van der Waals surface area (Å²) in [5.74, 6) is -0.0104. The highest BCUT2D eigenvalue weighted by molar-refractivity contribution is 5.97. The molecule has 6 nitrogen and oxygen atoms in total.